The van der Waals surface area contributed by atoms with E-state index in [1.54, 1.807) is 36.4 Å². The van der Waals surface area contributed by atoms with Crippen LogP contribution < -0.4 is 5.32 Å². The lowest BCUT2D eigenvalue weighted by Crippen LogP contribution is -2.12. The molecule has 110 valence electrons. The van der Waals surface area contributed by atoms with Gasteiger partial charge in [0.2, 0.25) is 0 Å². The minimum Gasteiger partial charge on any atom is -0.321 e. The van der Waals surface area contributed by atoms with Gasteiger partial charge in [-0.2, -0.15) is 8.78 Å². The van der Waals surface area contributed by atoms with E-state index in [1.165, 1.54) is 0 Å². The van der Waals surface area contributed by atoms with Crippen LogP contribution in [0.5, 0.6) is 0 Å². The van der Waals surface area contributed by atoms with Crippen molar-refractivity contribution in [1.29, 1.82) is 0 Å². The highest BCUT2D eigenvalue weighted by molar-refractivity contribution is 9.10. The SMILES string of the molecule is Cc1ccc(C(=O)Nc2ccccc2SC(F)F)cc1Br. The number of aryl methyl sites for hydroxylation is 1. The summed E-state index contributed by atoms with van der Waals surface area (Å²) in [4.78, 5) is 12.5. The van der Waals surface area contributed by atoms with Gasteiger partial charge in [-0.25, -0.2) is 0 Å². The lowest BCUT2D eigenvalue weighted by atomic mass is 10.1. The predicted octanol–water partition coefficient (Wildman–Crippen LogP) is 5.32. The number of thioether (sulfide) groups is 1. The van der Waals surface area contributed by atoms with Crippen LogP contribution in [0.25, 0.3) is 0 Å². The predicted molar refractivity (Wildman–Crippen MR) is 85.1 cm³/mol. The van der Waals surface area contributed by atoms with Crippen molar-refractivity contribution in [2.24, 2.45) is 0 Å². The summed E-state index contributed by atoms with van der Waals surface area (Å²) in [5.41, 5.74) is 1.86. The van der Waals surface area contributed by atoms with E-state index < -0.39 is 5.76 Å². The molecule has 2 aromatic rings. The molecule has 0 saturated heterocycles. The van der Waals surface area contributed by atoms with Crippen molar-refractivity contribution >= 4 is 39.3 Å². The van der Waals surface area contributed by atoms with Crippen molar-refractivity contribution < 1.29 is 13.6 Å². The van der Waals surface area contributed by atoms with Gasteiger partial charge in [-0.05, 0) is 36.8 Å². The molecule has 6 heteroatoms. The summed E-state index contributed by atoms with van der Waals surface area (Å²) in [7, 11) is 0. The molecule has 2 aromatic carbocycles. The first-order chi connectivity index (χ1) is 9.97. The molecule has 0 unspecified atom stereocenters. The summed E-state index contributed by atoms with van der Waals surface area (Å²) < 4.78 is 25.8. The van der Waals surface area contributed by atoms with Gasteiger partial charge in [0, 0.05) is 14.9 Å². The van der Waals surface area contributed by atoms with Gasteiger partial charge in [0.25, 0.3) is 11.7 Å². The minimum atomic E-state index is -2.53. The molecule has 0 saturated carbocycles. The van der Waals surface area contributed by atoms with Gasteiger partial charge in [0.1, 0.15) is 0 Å². The second-order valence-corrected chi connectivity index (χ2v) is 6.18. The maximum absolute atomic E-state index is 12.5. The highest BCUT2D eigenvalue weighted by Gasteiger charge is 2.13. The van der Waals surface area contributed by atoms with Gasteiger partial charge in [0.05, 0.1) is 5.69 Å². The summed E-state index contributed by atoms with van der Waals surface area (Å²) in [6.07, 6.45) is 0. The van der Waals surface area contributed by atoms with E-state index >= 15 is 0 Å². The third kappa shape index (κ3) is 4.28. The molecule has 0 bridgehead atoms. The first kappa shape index (κ1) is 16.0. The monoisotopic (exact) mass is 371 g/mol. The number of para-hydroxylation sites is 1. The van der Waals surface area contributed by atoms with Crippen LogP contribution in [0.3, 0.4) is 0 Å². The highest BCUT2D eigenvalue weighted by atomic mass is 79.9. The number of hydrogen-bond acceptors (Lipinski definition) is 2. The molecule has 2 nitrogen and oxygen atoms in total. The molecule has 21 heavy (non-hydrogen) atoms. The fourth-order valence-corrected chi connectivity index (χ4v) is 2.67. The fraction of sp³-hybridized carbons (Fsp3) is 0.133. The molecule has 0 spiro atoms. The largest absolute Gasteiger partial charge is 0.321 e. The number of benzene rings is 2. The number of anilines is 1. The number of carbonyl (C=O) groups excluding carboxylic acids is 1. The maximum atomic E-state index is 12.5. The van der Waals surface area contributed by atoms with E-state index in [-0.39, 0.29) is 5.91 Å². The molecule has 0 fully saturated rings. The summed E-state index contributed by atoms with van der Waals surface area (Å²) in [5.74, 6) is -2.87. The van der Waals surface area contributed by atoms with E-state index in [0.717, 1.165) is 10.0 Å². The maximum Gasteiger partial charge on any atom is 0.288 e. The zero-order valence-corrected chi connectivity index (χ0v) is 13.5. The lowest BCUT2D eigenvalue weighted by Gasteiger charge is -2.11. The third-order valence-electron chi connectivity index (χ3n) is 2.79. The highest BCUT2D eigenvalue weighted by Crippen LogP contribution is 2.32. The zero-order chi connectivity index (χ0) is 15.4. The van der Waals surface area contributed by atoms with Gasteiger partial charge in [-0.1, -0.05) is 45.9 Å². The van der Waals surface area contributed by atoms with Crippen molar-refractivity contribution in [3.63, 3.8) is 0 Å². The van der Waals surface area contributed by atoms with E-state index in [2.05, 4.69) is 21.2 Å². The Morgan fingerprint density at radius 1 is 1.24 bits per heavy atom. The number of carbonyl (C=O) groups is 1. The van der Waals surface area contributed by atoms with Crippen LogP contribution in [-0.2, 0) is 0 Å². The van der Waals surface area contributed by atoms with E-state index in [4.69, 9.17) is 0 Å². The quantitative estimate of drug-likeness (QED) is 0.736. The Kier molecular flexibility index (Phi) is 5.36. The molecule has 0 aliphatic carbocycles. The van der Waals surface area contributed by atoms with Crippen LogP contribution in [0.1, 0.15) is 15.9 Å². The average molecular weight is 372 g/mol. The molecule has 0 aliphatic heterocycles. The normalized spacial score (nSPS) is 10.7. The van der Waals surface area contributed by atoms with Crippen LogP contribution in [0, 0.1) is 6.92 Å². The van der Waals surface area contributed by atoms with Crippen molar-refractivity contribution in [3.05, 3.63) is 58.1 Å². The second-order valence-electron chi connectivity index (χ2n) is 4.29. The zero-order valence-electron chi connectivity index (χ0n) is 11.1. The van der Waals surface area contributed by atoms with Crippen LogP contribution in [0.4, 0.5) is 14.5 Å². The summed E-state index contributed by atoms with van der Waals surface area (Å²) in [5, 5.41) is 2.66. The number of alkyl halides is 2. The van der Waals surface area contributed by atoms with Crippen LogP contribution in [0.15, 0.2) is 51.8 Å². The topological polar surface area (TPSA) is 29.1 Å². The van der Waals surface area contributed by atoms with Gasteiger partial charge in [0.15, 0.2) is 0 Å². The number of hydrogen-bond donors (Lipinski definition) is 1. The van der Waals surface area contributed by atoms with E-state index in [1.807, 2.05) is 13.0 Å². The Morgan fingerprint density at radius 3 is 2.62 bits per heavy atom. The Hall–Kier alpha value is -1.40. The molecular formula is C15H12BrF2NOS. The van der Waals surface area contributed by atoms with Crippen LogP contribution in [0.2, 0.25) is 0 Å². The standard InChI is InChI=1S/C15H12BrF2NOS/c1-9-6-7-10(8-11(9)16)14(20)19-12-4-2-3-5-13(12)21-15(17)18/h2-8,15H,1H3,(H,19,20). The number of amides is 1. The van der Waals surface area contributed by atoms with Gasteiger partial charge < -0.3 is 5.32 Å². The van der Waals surface area contributed by atoms with E-state index in [9.17, 15) is 13.6 Å². The first-order valence-electron chi connectivity index (χ1n) is 6.08. The molecule has 1 amide bonds. The summed E-state index contributed by atoms with van der Waals surface area (Å²) in [6.45, 7) is 1.92. The van der Waals surface area contributed by atoms with E-state index in [0.29, 0.717) is 27.9 Å². The lowest BCUT2D eigenvalue weighted by molar-refractivity contribution is 0.102. The van der Waals surface area contributed by atoms with Crippen LogP contribution >= 0.6 is 27.7 Å². The Labute approximate surface area is 134 Å². The smallest absolute Gasteiger partial charge is 0.288 e. The average Bonchev–Trinajstić information content (AvgIpc) is 2.43. The van der Waals surface area contributed by atoms with Crippen molar-refractivity contribution in [3.8, 4) is 0 Å². The summed E-state index contributed by atoms with van der Waals surface area (Å²) >= 11 is 3.77. The number of halogens is 3. The van der Waals surface area contributed by atoms with Gasteiger partial charge in [-0.3, -0.25) is 4.79 Å². The Morgan fingerprint density at radius 2 is 1.95 bits per heavy atom. The molecule has 2 rings (SSSR count). The third-order valence-corrected chi connectivity index (χ3v) is 4.43. The molecule has 1 N–H and O–H groups in total. The first-order valence-corrected chi connectivity index (χ1v) is 7.76. The number of nitrogens with one attached hydrogen (secondary N) is 1. The fourth-order valence-electron chi connectivity index (χ4n) is 1.70. The number of rotatable bonds is 4. The Bertz CT molecular complexity index is 664. The molecular weight excluding hydrogens is 360 g/mol. The van der Waals surface area contributed by atoms with Gasteiger partial charge in [-0.15, -0.1) is 0 Å². The summed E-state index contributed by atoms with van der Waals surface area (Å²) in [6, 6.07) is 11.7. The molecule has 0 radical (unpaired) electrons. The molecule has 0 aliphatic rings. The van der Waals surface area contributed by atoms with Crippen molar-refractivity contribution in [1.82, 2.24) is 0 Å². The second kappa shape index (κ2) is 7.04. The minimum absolute atomic E-state index is 0.335. The van der Waals surface area contributed by atoms with Crippen molar-refractivity contribution in [2.45, 2.75) is 17.6 Å². The van der Waals surface area contributed by atoms with Crippen LogP contribution in [-0.4, -0.2) is 11.7 Å². The Balaban J connectivity index is 2.21. The molecule has 0 aromatic heterocycles. The van der Waals surface area contributed by atoms with Gasteiger partial charge >= 0.3 is 0 Å². The molecule has 0 atom stereocenters. The molecule has 0 heterocycles. The van der Waals surface area contributed by atoms with Crippen molar-refractivity contribution in [2.75, 3.05) is 5.32 Å².